The van der Waals surface area contributed by atoms with Crippen molar-refractivity contribution in [2.24, 2.45) is 0 Å². The fourth-order valence-corrected chi connectivity index (χ4v) is 3.74. The van der Waals surface area contributed by atoms with E-state index in [-0.39, 0.29) is 42.3 Å². The summed E-state index contributed by atoms with van der Waals surface area (Å²) < 4.78 is 21.2. The number of carbonyl (C=O) groups excluding carboxylic acids is 1. The van der Waals surface area contributed by atoms with Gasteiger partial charge in [-0.2, -0.15) is 5.10 Å². The van der Waals surface area contributed by atoms with E-state index in [1.807, 2.05) is 0 Å². The Labute approximate surface area is 201 Å². The minimum Gasteiger partial charge on any atom is -0.507 e. The summed E-state index contributed by atoms with van der Waals surface area (Å²) in [7, 11) is 1.57. The number of benzene rings is 3. The molecule has 0 aliphatic heterocycles. The largest absolute Gasteiger partial charge is 0.507 e. The summed E-state index contributed by atoms with van der Waals surface area (Å²) >= 11 is 0. The lowest BCUT2D eigenvalue weighted by molar-refractivity contribution is 0.0780. The minimum absolute atomic E-state index is 0.0460. The lowest BCUT2D eigenvalue weighted by atomic mass is 10.0. The molecule has 0 atom stereocenters. The number of hydrogen-bond acceptors (Lipinski definition) is 6. The van der Waals surface area contributed by atoms with E-state index in [4.69, 9.17) is 9.84 Å². The summed E-state index contributed by atoms with van der Waals surface area (Å²) in [5.74, 6) is -1.16. The van der Waals surface area contributed by atoms with Gasteiger partial charge in [-0.15, -0.1) is 0 Å². The second-order valence-electron chi connectivity index (χ2n) is 7.81. The number of carbonyl (C=O) groups is 1. The number of aliphatic hydroxyl groups excluding tert-OH is 1. The molecule has 0 aliphatic rings. The third kappa shape index (κ3) is 4.95. The Morgan fingerprint density at radius 1 is 1.06 bits per heavy atom. The van der Waals surface area contributed by atoms with Gasteiger partial charge in [-0.25, -0.2) is 9.07 Å². The second-order valence-corrected chi connectivity index (χ2v) is 7.81. The molecular weight excluding hydrogens is 453 g/mol. The number of phenols is 2. The SMILES string of the molecule is CN(Cc1ccccc1OCCO)C(=O)c1cc(-c2ccnn2-c2ccccc2F)c(O)cc1O. The standard InChI is InChI=1S/C26H24FN3O5/c1-29(16-17-6-2-5-9-25(17)35-13-12-31)26(34)19-14-18(23(32)15-24(19)33)21-10-11-28-30(21)22-8-4-3-7-20(22)27/h2-11,14-15,31-33H,12-13,16H2,1H3. The Morgan fingerprint density at radius 3 is 2.57 bits per heavy atom. The predicted octanol–water partition coefficient (Wildman–Crippen LogP) is 3.73. The van der Waals surface area contributed by atoms with Crippen molar-refractivity contribution >= 4 is 5.91 Å². The quantitative estimate of drug-likeness (QED) is 0.357. The van der Waals surface area contributed by atoms with Gasteiger partial charge in [0.25, 0.3) is 5.91 Å². The number of hydrogen-bond donors (Lipinski definition) is 3. The van der Waals surface area contributed by atoms with Crippen LogP contribution in [0.4, 0.5) is 4.39 Å². The van der Waals surface area contributed by atoms with Gasteiger partial charge in [0.1, 0.15) is 35.4 Å². The Balaban J connectivity index is 1.67. The maximum Gasteiger partial charge on any atom is 0.257 e. The van der Waals surface area contributed by atoms with Crippen LogP contribution in [0.2, 0.25) is 0 Å². The van der Waals surface area contributed by atoms with Gasteiger partial charge in [0.2, 0.25) is 0 Å². The maximum atomic E-state index is 14.4. The van der Waals surface area contributed by atoms with Crippen molar-refractivity contribution in [3.8, 4) is 34.2 Å². The highest BCUT2D eigenvalue weighted by Crippen LogP contribution is 2.36. The summed E-state index contributed by atoms with van der Waals surface area (Å²) in [6, 6.07) is 17.2. The number of aliphatic hydroxyl groups is 1. The van der Waals surface area contributed by atoms with Crippen LogP contribution in [0, 0.1) is 5.82 Å². The van der Waals surface area contributed by atoms with E-state index in [0.29, 0.717) is 17.0 Å². The molecule has 0 bridgehead atoms. The molecule has 4 rings (SSSR count). The first-order valence-corrected chi connectivity index (χ1v) is 10.8. The zero-order valence-electron chi connectivity index (χ0n) is 18.9. The minimum atomic E-state index is -0.506. The summed E-state index contributed by atoms with van der Waals surface area (Å²) in [4.78, 5) is 14.7. The molecule has 0 radical (unpaired) electrons. The predicted molar refractivity (Wildman–Crippen MR) is 127 cm³/mol. The molecule has 0 aliphatic carbocycles. The van der Waals surface area contributed by atoms with Gasteiger partial charge in [0.05, 0.1) is 24.1 Å². The first-order valence-electron chi connectivity index (χ1n) is 10.8. The van der Waals surface area contributed by atoms with Gasteiger partial charge in [-0.3, -0.25) is 4.79 Å². The molecule has 8 nitrogen and oxygen atoms in total. The molecule has 0 spiro atoms. The van der Waals surface area contributed by atoms with Crippen LogP contribution < -0.4 is 4.74 Å². The molecule has 0 saturated carbocycles. The van der Waals surface area contributed by atoms with E-state index < -0.39 is 17.5 Å². The van der Waals surface area contributed by atoms with Crippen LogP contribution in [0.1, 0.15) is 15.9 Å². The summed E-state index contributed by atoms with van der Waals surface area (Å²) in [5.41, 5.74) is 1.38. The van der Waals surface area contributed by atoms with E-state index in [0.717, 1.165) is 6.07 Å². The number of amides is 1. The van der Waals surface area contributed by atoms with Crippen LogP contribution >= 0.6 is 0 Å². The molecule has 35 heavy (non-hydrogen) atoms. The van der Waals surface area contributed by atoms with Crippen LogP contribution in [0.15, 0.2) is 72.9 Å². The normalized spacial score (nSPS) is 10.8. The van der Waals surface area contributed by atoms with Crippen molar-refractivity contribution in [2.45, 2.75) is 6.54 Å². The fraction of sp³-hybridized carbons (Fsp3) is 0.154. The zero-order chi connectivity index (χ0) is 24.9. The number of halogens is 1. The highest BCUT2D eigenvalue weighted by atomic mass is 19.1. The monoisotopic (exact) mass is 477 g/mol. The lowest BCUT2D eigenvalue weighted by Gasteiger charge is -2.20. The third-order valence-electron chi connectivity index (χ3n) is 5.42. The number of rotatable bonds is 8. The van der Waals surface area contributed by atoms with Gasteiger partial charge in [0.15, 0.2) is 0 Å². The van der Waals surface area contributed by atoms with Crippen molar-refractivity contribution in [1.82, 2.24) is 14.7 Å². The Hall–Kier alpha value is -4.37. The highest BCUT2D eigenvalue weighted by molar-refractivity contribution is 5.98. The number of nitrogens with zero attached hydrogens (tertiary/aromatic N) is 3. The number of phenolic OH excluding ortho intramolecular Hbond substituents is 2. The summed E-state index contributed by atoms with van der Waals surface area (Å²) in [6.07, 6.45) is 1.45. The zero-order valence-corrected chi connectivity index (χ0v) is 18.9. The van der Waals surface area contributed by atoms with E-state index in [1.165, 1.54) is 27.9 Å². The Kier molecular flexibility index (Phi) is 6.98. The molecular formula is C26H24FN3O5. The number of para-hydroxylation sites is 2. The van der Waals surface area contributed by atoms with Gasteiger partial charge in [-0.05, 0) is 30.3 Å². The van der Waals surface area contributed by atoms with Gasteiger partial charge >= 0.3 is 0 Å². The number of ether oxygens (including phenoxy) is 1. The van der Waals surface area contributed by atoms with Crippen molar-refractivity contribution in [3.05, 3.63) is 89.9 Å². The summed E-state index contributed by atoms with van der Waals surface area (Å²) in [5, 5.41) is 34.2. The molecule has 1 aromatic heterocycles. The van der Waals surface area contributed by atoms with Crippen LogP contribution in [-0.4, -0.2) is 56.2 Å². The van der Waals surface area contributed by atoms with Gasteiger partial charge < -0.3 is 25.0 Å². The molecule has 1 amide bonds. The van der Waals surface area contributed by atoms with Crippen molar-refractivity contribution in [1.29, 1.82) is 0 Å². The molecule has 3 N–H and O–H groups in total. The summed E-state index contributed by atoms with van der Waals surface area (Å²) in [6.45, 7) is 0.145. The van der Waals surface area contributed by atoms with Crippen LogP contribution in [0.25, 0.3) is 16.9 Å². The molecule has 0 fully saturated rings. The highest BCUT2D eigenvalue weighted by Gasteiger charge is 2.22. The smallest absolute Gasteiger partial charge is 0.257 e. The first-order chi connectivity index (χ1) is 16.9. The van der Waals surface area contributed by atoms with Crippen molar-refractivity contribution in [2.75, 3.05) is 20.3 Å². The third-order valence-corrected chi connectivity index (χ3v) is 5.42. The average Bonchev–Trinajstić information content (AvgIpc) is 3.33. The average molecular weight is 477 g/mol. The molecule has 4 aromatic rings. The van der Waals surface area contributed by atoms with Gasteiger partial charge in [-0.1, -0.05) is 30.3 Å². The lowest BCUT2D eigenvalue weighted by Crippen LogP contribution is -2.26. The fourth-order valence-electron chi connectivity index (χ4n) is 3.74. The van der Waals surface area contributed by atoms with Crippen molar-refractivity contribution < 1.29 is 29.2 Å². The molecule has 180 valence electrons. The molecule has 0 unspecified atom stereocenters. The van der Waals surface area contributed by atoms with E-state index >= 15 is 0 Å². The van der Waals surface area contributed by atoms with E-state index in [9.17, 15) is 19.4 Å². The number of aromatic hydroxyl groups is 2. The van der Waals surface area contributed by atoms with E-state index in [2.05, 4.69) is 5.10 Å². The molecule has 3 aromatic carbocycles. The second kappa shape index (κ2) is 10.3. The van der Waals surface area contributed by atoms with E-state index in [1.54, 1.807) is 55.6 Å². The molecule has 0 saturated heterocycles. The topological polar surface area (TPSA) is 108 Å². The maximum absolute atomic E-state index is 14.4. The van der Waals surface area contributed by atoms with Crippen molar-refractivity contribution in [3.63, 3.8) is 0 Å². The van der Waals surface area contributed by atoms with Crippen LogP contribution in [-0.2, 0) is 6.54 Å². The van der Waals surface area contributed by atoms with Gasteiger partial charge in [0, 0.05) is 30.8 Å². The van der Waals surface area contributed by atoms with Crippen LogP contribution in [0.5, 0.6) is 17.2 Å². The number of aromatic nitrogens is 2. The Bertz CT molecular complexity index is 1350. The molecule has 1 heterocycles. The first kappa shape index (κ1) is 23.8. The van der Waals surface area contributed by atoms with Crippen LogP contribution in [0.3, 0.4) is 0 Å². The Morgan fingerprint density at radius 2 is 1.80 bits per heavy atom. The molecule has 9 heteroatoms.